The summed E-state index contributed by atoms with van der Waals surface area (Å²) in [6, 6.07) is 4.44. The topological polar surface area (TPSA) is 36.4 Å². The van der Waals surface area contributed by atoms with Crippen LogP contribution in [0.3, 0.4) is 0 Å². The van der Waals surface area contributed by atoms with Gasteiger partial charge in [0.1, 0.15) is 5.82 Å². The van der Waals surface area contributed by atoms with Gasteiger partial charge in [-0.05, 0) is 36.5 Å². The molecule has 1 aliphatic carbocycles. The van der Waals surface area contributed by atoms with E-state index in [9.17, 15) is 0 Å². The maximum absolute atomic E-state index is 9.16. The first-order valence-electron chi connectivity index (χ1n) is 6.51. The summed E-state index contributed by atoms with van der Waals surface area (Å²) in [5.41, 5.74) is 0.935. The van der Waals surface area contributed by atoms with Crippen molar-refractivity contribution in [1.82, 2.24) is 4.98 Å². The van der Waals surface area contributed by atoms with Crippen molar-refractivity contribution in [3.8, 4) is 0 Å². The van der Waals surface area contributed by atoms with Crippen molar-refractivity contribution in [3.05, 3.63) is 23.9 Å². The molecule has 1 saturated carbocycles. The summed E-state index contributed by atoms with van der Waals surface area (Å²) in [4.78, 5) is 6.69. The van der Waals surface area contributed by atoms with Crippen molar-refractivity contribution in [3.63, 3.8) is 0 Å². The smallest absolute Gasteiger partial charge is 0.128 e. The third kappa shape index (κ3) is 2.78. The Morgan fingerprint density at radius 1 is 1.41 bits per heavy atom. The molecule has 0 aromatic carbocycles. The van der Waals surface area contributed by atoms with Crippen molar-refractivity contribution >= 4 is 5.82 Å². The largest absolute Gasteiger partial charge is 0.392 e. The van der Waals surface area contributed by atoms with Gasteiger partial charge in [-0.15, -0.1) is 0 Å². The van der Waals surface area contributed by atoms with Gasteiger partial charge in [0.25, 0.3) is 0 Å². The fraction of sp³-hybridized carbons (Fsp3) is 0.643. The molecule has 3 heteroatoms. The van der Waals surface area contributed by atoms with Gasteiger partial charge in [0.15, 0.2) is 0 Å². The van der Waals surface area contributed by atoms with Crippen LogP contribution in [0.25, 0.3) is 0 Å². The summed E-state index contributed by atoms with van der Waals surface area (Å²) >= 11 is 0. The average molecular weight is 234 g/mol. The second kappa shape index (κ2) is 5.50. The predicted octanol–water partition coefficient (Wildman–Crippen LogP) is 2.59. The molecule has 3 nitrogen and oxygen atoms in total. The molecule has 0 radical (unpaired) electrons. The number of aliphatic hydroxyl groups is 1. The summed E-state index contributed by atoms with van der Waals surface area (Å²) in [7, 11) is 2.12. The van der Waals surface area contributed by atoms with E-state index in [4.69, 9.17) is 5.11 Å². The van der Waals surface area contributed by atoms with Crippen LogP contribution < -0.4 is 4.90 Å². The normalized spacial score (nSPS) is 24.6. The number of nitrogens with zero attached hydrogens (tertiary/aromatic N) is 2. The first kappa shape index (κ1) is 12.4. The molecule has 0 spiro atoms. The summed E-state index contributed by atoms with van der Waals surface area (Å²) < 4.78 is 0. The SMILES string of the molecule is CC1CCCCC1N(C)c1cc(CO)ccn1. The third-order valence-electron chi connectivity index (χ3n) is 3.92. The highest BCUT2D eigenvalue weighted by atomic mass is 16.3. The molecule has 1 aromatic rings. The number of hydrogen-bond acceptors (Lipinski definition) is 3. The molecule has 0 aliphatic heterocycles. The molecule has 1 fully saturated rings. The Bertz CT molecular complexity index is 367. The minimum Gasteiger partial charge on any atom is -0.392 e. The minimum absolute atomic E-state index is 0.0869. The zero-order valence-electron chi connectivity index (χ0n) is 10.8. The Balaban J connectivity index is 2.14. The number of aliphatic hydroxyl groups excluding tert-OH is 1. The Morgan fingerprint density at radius 2 is 2.18 bits per heavy atom. The van der Waals surface area contributed by atoms with Gasteiger partial charge in [0.2, 0.25) is 0 Å². The first-order chi connectivity index (χ1) is 8.22. The van der Waals surface area contributed by atoms with Gasteiger partial charge in [0.05, 0.1) is 6.61 Å². The Hall–Kier alpha value is -1.09. The zero-order valence-corrected chi connectivity index (χ0v) is 10.8. The van der Waals surface area contributed by atoms with E-state index in [0.29, 0.717) is 6.04 Å². The van der Waals surface area contributed by atoms with E-state index in [1.807, 2.05) is 12.1 Å². The molecule has 1 heterocycles. The van der Waals surface area contributed by atoms with Gasteiger partial charge in [-0.1, -0.05) is 19.8 Å². The summed E-state index contributed by atoms with van der Waals surface area (Å²) in [5.74, 6) is 1.71. The van der Waals surface area contributed by atoms with Gasteiger partial charge < -0.3 is 10.0 Å². The van der Waals surface area contributed by atoms with Crippen molar-refractivity contribution in [2.24, 2.45) is 5.92 Å². The zero-order chi connectivity index (χ0) is 12.3. The standard InChI is InChI=1S/C14H22N2O/c1-11-5-3-4-6-13(11)16(2)14-9-12(10-17)7-8-15-14/h7-9,11,13,17H,3-6,10H2,1-2H3. The highest BCUT2D eigenvalue weighted by Gasteiger charge is 2.25. The second-order valence-corrected chi connectivity index (χ2v) is 5.12. The van der Waals surface area contributed by atoms with Crippen LogP contribution in [0.4, 0.5) is 5.82 Å². The van der Waals surface area contributed by atoms with Crippen LogP contribution in [0.1, 0.15) is 38.2 Å². The lowest BCUT2D eigenvalue weighted by molar-refractivity contribution is 0.281. The molecule has 1 aromatic heterocycles. The maximum Gasteiger partial charge on any atom is 0.128 e. The van der Waals surface area contributed by atoms with Crippen LogP contribution in [0.15, 0.2) is 18.3 Å². The van der Waals surface area contributed by atoms with Crippen LogP contribution in [0, 0.1) is 5.92 Å². The Morgan fingerprint density at radius 3 is 2.88 bits per heavy atom. The quantitative estimate of drug-likeness (QED) is 0.873. The third-order valence-corrected chi connectivity index (χ3v) is 3.92. The van der Waals surface area contributed by atoms with Gasteiger partial charge in [-0.25, -0.2) is 4.98 Å². The maximum atomic E-state index is 9.16. The van der Waals surface area contributed by atoms with E-state index in [1.165, 1.54) is 25.7 Å². The number of aromatic nitrogens is 1. The number of pyridine rings is 1. The van der Waals surface area contributed by atoms with Gasteiger partial charge in [-0.2, -0.15) is 0 Å². The van der Waals surface area contributed by atoms with Crippen molar-refractivity contribution < 1.29 is 5.11 Å². The first-order valence-corrected chi connectivity index (χ1v) is 6.51. The van der Waals surface area contributed by atoms with E-state index in [1.54, 1.807) is 6.20 Å². The molecular formula is C14H22N2O. The van der Waals surface area contributed by atoms with Crippen LogP contribution in [0.5, 0.6) is 0 Å². The lowest BCUT2D eigenvalue weighted by Gasteiger charge is -2.37. The monoisotopic (exact) mass is 234 g/mol. The highest BCUT2D eigenvalue weighted by Crippen LogP contribution is 2.29. The molecule has 0 saturated heterocycles. The highest BCUT2D eigenvalue weighted by molar-refractivity contribution is 5.41. The van der Waals surface area contributed by atoms with E-state index >= 15 is 0 Å². The fourth-order valence-electron chi connectivity index (χ4n) is 2.79. The lowest BCUT2D eigenvalue weighted by atomic mass is 9.85. The van der Waals surface area contributed by atoms with E-state index < -0.39 is 0 Å². The van der Waals surface area contributed by atoms with Crippen molar-refractivity contribution in [2.75, 3.05) is 11.9 Å². The van der Waals surface area contributed by atoms with Crippen molar-refractivity contribution in [1.29, 1.82) is 0 Å². The van der Waals surface area contributed by atoms with E-state index in [0.717, 1.165) is 17.3 Å². The molecule has 94 valence electrons. The Kier molecular flexibility index (Phi) is 4.00. The minimum atomic E-state index is 0.0869. The lowest BCUT2D eigenvalue weighted by Crippen LogP contribution is -2.39. The molecule has 17 heavy (non-hydrogen) atoms. The van der Waals surface area contributed by atoms with Crippen LogP contribution in [-0.2, 0) is 6.61 Å². The van der Waals surface area contributed by atoms with Crippen LogP contribution >= 0.6 is 0 Å². The van der Waals surface area contributed by atoms with Gasteiger partial charge in [-0.3, -0.25) is 0 Å². The molecule has 0 bridgehead atoms. The van der Waals surface area contributed by atoms with Gasteiger partial charge >= 0.3 is 0 Å². The molecule has 2 atom stereocenters. The molecule has 2 rings (SSSR count). The average Bonchev–Trinajstić information content (AvgIpc) is 2.38. The van der Waals surface area contributed by atoms with Gasteiger partial charge in [0, 0.05) is 19.3 Å². The summed E-state index contributed by atoms with van der Waals surface area (Å²) in [5, 5.41) is 9.16. The molecule has 2 unspecified atom stereocenters. The predicted molar refractivity (Wildman–Crippen MR) is 70.0 cm³/mol. The molecule has 1 aliphatic rings. The van der Waals surface area contributed by atoms with Crippen LogP contribution in [0.2, 0.25) is 0 Å². The number of hydrogen-bond donors (Lipinski definition) is 1. The molecular weight excluding hydrogens is 212 g/mol. The second-order valence-electron chi connectivity index (χ2n) is 5.12. The fourth-order valence-corrected chi connectivity index (χ4v) is 2.79. The summed E-state index contributed by atoms with van der Waals surface area (Å²) in [6.45, 7) is 2.42. The Labute approximate surface area is 103 Å². The molecule has 0 amide bonds. The molecule has 1 N–H and O–H groups in total. The van der Waals surface area contributed by atoms with E-state index in [2.05, 4.69) is 23.9 Å². The number of rotatable bonds is 3. The van der Waals surface area contributed by atoms with E-state index in [-0.39, 0.29) is 6.61 Å². The van der Waals surface area contributed by atoms with Crippen molar-refractivity contribution in [2.45, 2.75) is 45.3 Å². The summed E-state index contributed by atoms with van der Waals surface area (Å²) in [6.07, 6.45) is 7.02. The van der Waals surface area contributed by atoms with Crippen LogP contribution in [-0.4, -0.2) is 23.2 Å². The number of anilines is 1.